The largest absolute Gasteiger partial charge is 0.336 e. The minimum atomic E-state index is -0.269. The molecule has 7 heteroatoms. The van der Waals surface area contributed by atoms with Crippen molar-refractivity contribution < 1.29 is 9.59 Å². The maximum absolute atomic E-state index is 12.1. The molecule has 0 spiro atoms. The first-order valence-electron chi connectivity index (χ1n) is 7.40. The van der Waals surface area contributed by atoms with Crippen molar-refractivity contribution in [2.75, 3.05) is 33.2 Å². The lowest BCUT2D eigenvalue weighted by Crippen LogP contribution is -2.42. The van der Waals surface area contributed by atoms with E-state index >= 15 is 0 Å². The Morgan fingerprint density at radius 3 is 3.19 bits per heavy atom. The Morgan fingerprint density at radius 2 is 2.43 bits per heavy atom. The van der Waals surface area contributed by atoms with Crippen LogP contribution in [0.4, 0.5) is 4.79 Å². The standard InChI is InChI=1S/C14H21N5O2/c1-17(10-13(20)19-7-5-16-14(19)21)8-11-2-3-12-15-4-6-18(12)9-11/h4,6,11H,2-3,5,7-10H2,1H3,(H,16,21). The molecule has 3 amide bonds. The lowest BCUT2D eigenvalue weighted by molar-refractivity contribution is -0.128. The van der Waals surface area contributed by atoms with Gasteiger partial charge in [0.2, 0.25) is 5.91 Å². The number of imide groups is 1. The Bertz CT molecular complexity index is 541. The predicted molar refractivity (Wildman–Crippen MR) is 76.6 cm³/mol. The zero-order valence-corrected chi connectivity index (χ0v) is 12.3. The molecule has 1 aromatic heterocycles. The maximum atomic E-state index is 12.1. The van der Waals surface area contributed by atoms with E-state index in [1.54, 1.807) is 0 Å². The van der Waals surface area contributed by atoms with E-state index in [0.717, 1.165) is 31.8 Å². The summed E-state index contributed by atoms with van der Waals surface area (Å²) in [6.07, 6.45) is 5.95. The van der Waals surface area contributed by atoms with Crippen LogP contribution in [0.25, 0.3) is 0 Å². The molecular formula is C14H21N5O2. The molecule has 7 nitrogen and oxygen atoms in total. The maximum Gasteiger partial charge on any atom is 0.324 e. The van der Waals surface area contributed by atoms with Gasteiger partial charge < -0.3 is 9.88 Å². The van der Waals surface area contributed by atoms with Crippen LogP contribution in [0, 0.1) is 5.92 Å². The number of aromatic nitrogens is 2. The number of carbonyl (C=O) groups is 2. The van der Waals surface area contributed by atoms with Gasteiger partial charge in [-0.3, -0.25) is 14.6 Å². The summed E-state index contributed by atoms with van der Waals surface area (Å²) in [5, 5.41) is 2.65. The summed E-state index contributed by atoms with van der Waals surface area (Å²) in [4.78, 5) is 31.2. The van der Waals surface area contributed by atoms with Gasteiger partial charge in [-0.2, -0.15) is 0 Å². The number of urea groups is 1. The van der Waals surface area contributed by atoms with Crippen molar-refractivity contribution in [3.05, 3.63) is 18.2 Å². The van der Waals surface area contributed by atoms with E-state index in [1.807, 2.05) is 24.3 Å². The topological polar surface area (TPSA) is 70.5 Å². The van der Waals surface area contributed by atoms with Crippen LogP contribution < -0.4 is 5.32 Å². The highest BCUT2D eigenvalue weighted by atomic mass is 16.2. The van der Waals surface area contributed by atoms with E-state index in [9.17, 15) is 9.59 Å². The Balaban J connectivity index is 1.49. The average molecular weight is 291 g/mol. The summed E-state index contributed by atoms with van der Waals surface area (Å²) < 4.78 is 2.19. The number of carbonyl (C=O) groups excluding carboxylic acids is 2. The van der Waals surface area contributed by atoms with Crippen molar-refractivity contribution in [1.29, 1.82) is 0 Å². The number of rotatable bonds is 4. The summed E-state index contributed by atoms with van der Waals surface area (Å²) in [5.41, 5.74) is 0. The van der Waals surface area contributed by atoms with E-state index in [1.165, 1.54) is 4.90 Å². The van der Waals surface area contributed by atoms with Crippen molar-refractivity contribution in [2.24, 2.45) is 5.92 Å². The number of aryl methyl sites for hydroxylation is 1. The number of imidazole rings is 1. The quantitative estimate of drug-likeness (QED) is 0.843. The van der Waals surface area contributed by atoms with Crippen LogP contribution in [0.1, 0.15) is 12.2 Å². The van der Waals surface area contributed by atoms with E-state index in [0.29, 0.717) is 25.6 Å². The lowest BCUT2D eigenvalue weighted by Gasteiger charge is -2.28. The molecule has 1 fully saturated rings. The molecule has 3 rings (SSSR count). The van der Waals surface area contributed by atoms with Gasteiger partial charge in [0.1, 0.15) is 5.82 Å². The first kappa shape index (κ1) is 14.1. The minimum absolute atomic E-state index is 0.119. The third kappa shape index (κ3) is 3.07. The van der Waals surface area contributed by atoms with E-state index < -0.39 is 0 Å². The molecule has 1 unspecified atom stereocenters. The summed E-state index contributed by atoms with van der Waals surface area (Å²) in [5.74, 6) is 1.56. The normalized spacial score (nSPS) is 21.5. The third-order valence-corrected chi connectivity index (χ3v) is 4.17. The first-order valence-corrected chi connectivity index (χ1v) is 7.40. The van der Waals surface area contributed by atoms with Crippen LogP contribution in [0.15, 0.2) is 12.4 Å². The van der Waals surface area contributed by atoms with Gasteiger partial charge in [0.15, 0.2) is 0 Å². The van der Waals surface area contributed by atoms with Crippen molar-refractivity contribution >= 4 is 11.9 Å². The fourth-order valence-corrected chi connectivity index (χ4v) is 3.12. The summed E-state index contributed by atoms with van der Waals surface area (Å²) in [6, 6.07) is -0.269. The predicted octanol–water partition coefficient (Wildman–Crippen LogP) is -0.0709. The summed E-state index contributed by atoms with van der Waals surface area (Å²) >= 11 is 0. The van der Waals surface area contributed by atoms with Gasteiger partial charge in [-0.1, -0.05) is 0 Å². The van der Waals surface area contributed by atoms with Crippen molar-refractivity contribution in [3.8, 4) is 0 Å². The number of nitrogens with zero attached hydrogens (tertiary/aromatic N) is 4. The number of hydrogen-bond acceptors (Lipinski definition) is 4. The molecule has 0 saturated carbocycles. The molecule has 0 bridgehead atoms. The molecule has 0 aromatic carbocycles. The van der Waals surface area contributed by atoms with E-state index in [2.05, 4.69) is 14.9 Å². The number of likely N-dealkylation sites (N-methyl/N-ethyl adjacent to an activating group) is 1. The molecule has 0 aliphatic carbocycles. The van der Waals surface area contributed by atoms with Crippen molar-refractivity contribution in [1.82, 2.24) is 24.7 Å². The highest BCUT2D eigenvalue weighted by Gasteiger charge is 2.27. The Morgan fingerprint density at radius 1 is 1.57 bits per heavy atom. The molecule has 3 heterocycles. The van der Waals surface area contributed by atoms with Crippen LogP contribution in [0.2, 0.25) is 0 Å². The summed E-state index contributed by atoms with van der Waals surface area (Å²) in [6.45, 7) is 3.14. The lowest BCUT2D eigenvalue weighted by atomic mass is 9.99. The smallest absolute Gasteiger partial charge is 0.324 e. The number of fused-ring (bicyclic) bond motifs is 1. The van der Waals surface area contributed by atoms with Gasteiger partial charge in [-0.15, -0.1) is 0 Å². The van der Waals surface area contributed by atoms with Gasteiger partial charge in [0.25, 0.3) is 0 Å². The van der Waals surface area contributed by atoms with Crippen molar-refractivity contribution in [2.45, 2.75) is 19.4 Å². The second-order valence-electron chi connectivity index (χ2n) is 5.87. The molecule has 1 atom stereocenters. The molecule has 2 aliphatic rings. The van der Waals surface area contributed by atoms with E-state index in [-0.39, 0.29) is 11.9 Å². The third-order valence-electron chi connectivity index (χ3n) is 4.17. The molecule has 2 aliphatic heterocycles. The second-order valence-corrected chi connectivity index (χ2v) is 5.87. The molecule has 1 aromatic rings. The number of amides is 3. The van der Waals surface area contributed by atoms with Crippen LogP contribution in [-0.4, -0.2) is 64.5 Å². The van der Waals surface area contributed by atoms with Crippen molar-refractivity contribution in [3.63, 3.8) is 0 Å². The number of hydrogen-bond donors (Lipinski definition) is 1. The summed E-state index contributed by atoms with van der Waals surface area (Å²) in [7, 11) is 1.94. The van der Waals surface area contributed by atoms with Crippen LogP contribution >= 0.6 is 0 Å². The Labute approximate surface area is 123 Å². The zero-order chi connectivity index (χ0) is 14.8. The molecule has 1 N–H and O–H groups in total. The molecular weight excluding hydrogens is 270 g/mol. The van der Waals surface area contributed by atoms with Gasteiger partial charge in [0, 0.05) is 45.0 Å². The molecule has 0 radical (unpaired) electrons. The van der Waals surface area contributed by atoms with Crippen LogP contribution in [0.5, 0.6) is 0 Å². The minimum Gasteiger partial charge on any atom is -0.336 e. The monoisotopic (exact) mass is 291 g/mol. The van der Waals surface area contributed by atoms with Gasteiger partial charge >= 0.3 is 6.03 Å². The SMILES string of the molecule is CN(CC(=O)N1CCNC1=O)CC1CCc2nccn2C1. The Hall–Kier alpha value is -1.89. The Kier molecular flexibility index (Phi) is 3.92. The van der Waals surface area contributed by atoms with Gasteiger partial charge in [0.05, 0.1) is 6.54 Å². The van der Waals surface area contributed by atoms with Crippen LogP contribution in [0.3, 0.4) is 0 Å². The second kappa shape index (κ2) is 5.85. The van der Waals surface area contributed by atoms with Gasteiger partial charge in [-0.05, 0) is 19.4 Å². The van der Waals surface area contributed by atoms with E-state index in [4.69, 9.17) is 0 Å². The van der Waals surface area contributed by atoms with Gasteiger partial charge in [-0.25, -0.2) is 9.78 Å². The zero-order valence-electron chi connectivity index (χ0n) is 12.3. The fraction of sp³-hybridized carbons (Fsp3) is 0.643. The highest BCUT2D eigenvalue weighted by Crippen LogP contribution is 2.19. The van der Waals surface area contributed by atoms with Crippen LogP contribution in [-0.2, 0) is 17.8 Å². The fourth-order valence-electron chi connectivity index (χ4n) is 3.12. The molecule has 21 heavy (non-hydrogen) atoms. The molecule has 114 valence electrons. The average Bonchev–Trinajstić information content (AvgIpc) is 3.06. The molecule has 1 saturated heterocycles. The number of nitrogens with one attached hydrogen (secondary N) is 1. The first-order chi connectivity index (χ1) is 10.1. The highest BCUT2D eigenvalue weighted by molar-refractivity contribution is 5.96.